The second-order valence-electron chi connectivity index (χ2n) is 3.44. The molecule has 0 saturated heterocycles. The second kappa shape index (κ2) is 6.47. The molecule has 0 aromatic heterocycles. The van der Waals surface area contributed by atoms with E-state index in [1.807, 2.05) is 19.9 Å². The maximum Gasteiger partial charge on any atom is 0.309 e. The molecule has 0 aromatic carbocycles. The fraction of sp³-hybridized carbons (Fsp3) is 0.800. The molecule has 0 radical (unpaired) electrons. The summed E-state index contributed by atoms with van der Waals surface area (Å²) in [6, 6.07) is 2.01. The molecule has 0 saturated carbocycles. The Kier molecular flexibility index (Phi) is 5.96. The van der Waals surface area contributed by atoms with Gasteiger partial charge in [0.05, 0.1) is 18.6 Å². The fourth-order valence-corrected chi connectivity index (χ4v) is 1.20. The van der Waals surface area contributed by atoms with Crippen molar-refractivity contribution in [1.29, 1.82) is 5.26 Å². The van der Waals surface area contributed by atoms with Gasteiger partial charge in [-0.05, 0) is 19.3 Å². The third kappa shape index (κ3) is 5.24. The Morgan fingerprint density at radius 1 is 1.54 bits per heavy atom. The molecule has 3 nitrogen and oxygen atoms in total. The Morgan fingerprint density at radius 2 is 2.15 bits per heavy atom. The number of esters is 1. The highest BCUT2D eigenvalue weighted by Gasteiger charge is 2.20. The number of nitrogens with zero attached hydrogens (tertiary/aromatic N) is 1. The summed E-state index contributed by atoms with van der Waals surface area (Å²) >= 11 is 0. The van der Waals surface area contributed by atoms with Crippen LogP contribution >= 0.6 is 0 Å². The molecular weight excluding hydrogens is 166 g/mol. The highest BCUT2D eigenvalue weighted by molar-refractivity contribution is 5.72. The van der Waals surface area contributed by atoms with E-state index in [1.165, 1.54) is 0 Å². The van der Waals surface area contributed by atoms with Gasteiger partial charge >= 0.3 is 5.97 Å². The molecular formula is C10H17NO2. The number of rotatable bonds is 5. The summed E-state index contributed by atoms with van der Waals surface area (Å²) in [5.41, 5.74) is 0. The van der Waals surface area contributed by atoms with Crippen LogP contribution in [0.3, 0.4) is 0 Å². The van der Waals surface area contributed by atoms with Gasteiger partial charge in [0.25, 0.3) is 0 Å². The summed E-state index contributed by atoms with van der Waals surface area (Å²) in [5, 5.41) is 8.51. The van der Waals surface area contributed by atoms with Crippen LogP contribution in [0.5, 0.6) is 0 Å². The predicted molar refractivity (Wildman–Crippen MR) is 49.8 cm³/mol. The average molecular weight is 183 g/mol. The first-order valence-electron chi connectivity index (χ1n) is 4.65. The Hall–Kier alpha value is -1.04. The van der Waals surface area contributed by atoms with Crippen LogP contribution in [0.2, 0.25) is 0 Å². The van der Waals surface area contributed by atoms with Gasteiger partial charge in [-0.15, -0.1) is 0 Å². The van der Waals surface area contributed by atoms with Crippen LogP contribution in [0.4, 0.5) is 0 Å². The van der Waals surface area contributed by atoms with Crippen molar-refractivity contribution in [1.82, 2.24) is 0 Å². The zero-order valence-electron chi connectivity index (χ0n) is 8.54. The van der Waals surface area contributed by atoms with Crippen molar-refractivity contribution in [3.05, 3.63) is 0 Å². The van der Waals surface area contributed by atoms with Crippen LogP contribution < -0.4 is 0 Å². The monoisotopic (exact) mass is 183 g/mol. The smallest absolute Gasteiger partial charge is 0.309 e. The van der Waals surface area contributed by atoms with Crippen LogP contribution in [0.25, 0.3) is 0 Å². The normalized spacial score (nSPS) is 12.2. The van der Waals surface area contributed by atoms with Crippen LogP contribution in [-0.2, 0) is 9.53 Å². The van der Waals surface area contributed by atoms with Gasteiger partial charge in [-0.1, -0.05) is 13.8 Å². The molecule has 0 rings (SSSR count). The maximum absolute atomic E-state index is 11.3. The van der Waals surface area contributed by atoms with E-state index >= 15 is 0 Å². The highest BCUT2D eigenvalue weighted by atomic mass is 16.5. The van der Waals surface area contributed by atoms with Crippen LogP contribution in [0.15, 0.2) is 0 Å². The van der Waals surface area contributed by atoms with Crippen molar-refractivity contribution < 1.29 is 9.53 Å². The van der Waals surface area contributed by atoms with Gasteiger partial charge in [0.15, 0.2) is 0 Å². The van der Waals surface area contributed by atoms with Crippen LogP contribution in [-0.4, -0.2) is 12.6 Å². The zero-order chi connectivity index (χ0) is 10.3. The van der Waals surface area contributed by atoms with Gasteiger partial charge in [-0.3, -0.25) is 4.79 Å². The van der Waals surface area contributed by atoms with E-state index in [2.05, 4.69) is 0 Å². The summed E-state index contributed by atoms with van der Waals surface area (Å²) in [4.78, 5) is 11.3. The SMILES string of the molecule is CCOC(=O)C(CC#N)CC(C)C. The number of nitriles is 1. The Bertz CT molecular complexity index is 194. The third-order valence-corrected chi connectivity index (χ3v) is 1.71. The number of ether oxygens (including phenoxy) is 1. The van der Waals surface area contributed by atoms with E-state index in [0.717, 1.165) is 6.42 Å². The van der Waals surface area contributed by atoms with E-state index in [9.17, 15) is 4.79 Å². The lowest BCUT2D eigenvalue weighted by atomic mass is 9.95. The van der Waals surface area contributed by atoms with E-state index in [1.54, 1.807) is 6.92 Å². The Labute approximate surface area is 79.7 Å². The number of hydrogen-bond acceptors (Lipinski definition) is 3. The lowest BCUT2D eigenvalue weighted by molar-refractivity contribution is -0.148. The second-order valence-corrected chi connectivity index (χ2v) is 3.44. The first kappa shape index (κ1) is 12.0. The third-order valence-electron chi connectivity index (χ3n) is 1.71. The van der Waals surface area contributed by atoms with Crippen molar-refractivity contribution in [3.63, 3.8) is 0 Å². The van der Waals surface area contributed by atoms with E-state index in [-0.39, 0.29) is 18.3 Å². The zero-order valence-corrected chi connectivity index (χ0v) is 8.54. The molecule has 0 bridgehead atoms. The molecule has 0 spiro atoms. The topological polar surface area (TPSA) is 50.1 Å². The molecule has 0 aromatic rings. The van der Waals surface area contributed by atoms with Gasteiger partial charge < -0.3 is 4.74 Å². The Balaban J connectivity index is 4.08. The van der Waals surface area contributed by atoms with Crippen LogP contribution in [0, 0.1) is 23.2 Å². The largest absolute Gasteiger partial charge is 0.466 e. The van der Waals surface area contributed by atoms with Crippen molar-refractivity contribution in [2.24, 2.45) is 11.8 Å². The molecule has 0 aliphatic carbocycles. The van der Waals surface area contributed by atoms with Gasteiger partial charge in [-0.2, -0.15) is 5.26 Å². The van der Waals surface area contributed by atoms with Gasteiger partial charge in [0.2, 0.25) is 0 Å². The molecule has 0 N–H and O–H groups in total. The highest BCUT2D eigenvalue weighted by Crippen LogP contribution is 2.16. The quantitative estimate of drug-likeness (QED) is 0.613. The van der Waals surface area contributed by atoms with Gasteiger partial charge in [-0.25, -0.2) is 0 Å². The summed E-state index contributed by atoms with van der Waals surface area (Å²) in [6.45, 7) is 6.22. The molecule has 1 atom stereocenters. The van der Waals surface area contributed by atoms with E-state index in [0.29, 0.717) is 12.5 Å². The lowest BCUT2D eigenvalue weighted by Gasteiger charge is -2.13. The molecule has 74 valence electrons. The van der Waals surface area contributed by atoms with Gasteiger partial charge in [0, 0.05) is 6.42 Å². The first-order valence-corrected chi connectivity index (χ1v) is 4.65. The molecule has 0 aliphatic heterocycles. The summed E-state index contributed by atoms with van der Waals surface area (Å²) in [6.07, 6.45) is 0.989. The predicted octanol–water partition coefficient (Wildman–Crippen LogP) is 2.13. The molecule has 0 heterocycles. The standard InChI is InChI=1S/C10H17NO2/c1-4-13-10(12)9(5-6-11)7-8(2)3/h8-9H,4-5,7H2,1-3H3. The minimum atomic E-state index is -0.245. The Morgan fingerprint density at radius 3 is 2.54 bits per heavy atom. The molecule has 0 amide bonds. The first-order chi connectivity index (χ1) is 6.11. The number of carbonyl (C=O) groups is 1. The minimum Gasteiger partial charge on any atom is -0.466 e. The molecule has 0 aliphatic rings. The minimum absolute atomic E-state index is 0.238. The van der Waals surface area contributed by atoms with Gasteiger partial charge in [0.1, 0.15) is 0 Å². The summed E-state index contributed by atoms with van der Waals surface area (Å²) < 4.78 is 4.87. The van der Waals surface area contributed by atoms with E-state index in [4.69, 9.17) is 10.00 Å². The molecule has 13 heavy (non-hydrogen) atoms. The number of hydrogen-bond donors (Lipinski definition) is 0. The van der Waals surface area contributed by atoms with Crippen molar-refractivity contribution in [2.75, 3.05) is 6.61 Å². The van der Waals surface area contributed by atoms with E-state index < -0.39 is 0 Å². The van der Waals surface area contributed by atoms with Crippen molar-refractivity contribution >= 4 is 5.97 Å². The van der Waals surface area contributed by atoms with Crippen molar-refractivity contribution in [2.45, 2.75) is 33.6 Å². The summed E-state index contributed by atoms with van der Waals surface area (Å²) in [7, 11) is 0. The average Bonchev–Trinajstić information content (AvgIpc) is 2.03. The molecule has 3 heteroatoms. The van der Waals surface area contributed by atoms with Crippen LogP contribution in [0.1, 0.15) is 33.6 Å². The van der Waals surface area contributed by atoms with Crippen molar-refractivity contribution in [3.8, 4) is 6.07 Å². The number of carbonyl (C=O) groups excluding carboxylic acids is 1. The maximum atomic E-state index is 11.3. The molecule has 0 fully saturated rings. The molecule has 1 unspecified atom stereocenters. The summed E-state index contributed by atoms with van der Waals surface area (Å²) in [5.74, 6) is -0.0644. The fourth-order valence-electron chi connectivity index (χ4n) is 1.20. The lowest BCUT2D eigenvalue weighted by Crippen LogP contribution is -2.19.